The SMILES string of the molecule is CCCCOC(=O)c1cccc(NC(=O)Cn2cnc3sc(C)c(-c4ccc(Cl)cc4)c3c2=O)c1. The quantitative estimate of drug-likeness (QED) is 0.244. The van der Waals surface area contributed by atoms with Crippen LogP contribution in [0.25, 0.3) is 21.3 Å². The number of unbranched alkanes of at least 4 members (excludes halogenated alkanes) is 1. The van der Waals surface area contributed by atoms with Crippen LogP contribution in [-0.4, -0.2) is 28.0 Å². The van der Waals surface area contributed by atoms with Crippen LogP contribution < -0.4 is 10.9 Å². The number of nitrogens with zero attached hydrogens (tertiary/aromatic N) is 2. The molecule has 0 aliphatic carbocycles. The number of benzene rings is 2. The molecule has 9 heteroatoms. The van der Waals surface area contributed by atoms with Gasteiger partial charge in [-0.3, -0.25) is 14.2 Å². The highest BCUT2D eigenvalue weighted by atomic mass is 35.5. The van der Waals surface area contributed by atoms with Crippen LogP contribution in [0, 0.1) is 6.92 Å². The first-order valence-electron chi connectivity index (χ1n) is 11.2. The normalized spacial score (nSPS) is 10.9. The van der Waals surface area contributed by atoms with Crippen molar-refractivity contribution in [3.8, 4) is 11.1 Å². The maximum absolute atomic E-state index is 13.3. The van der Waals surface area contributed by atoms with E-state index in [-0.39, 0.29) is 12.1 Å². The largest absolute Gasteiger partial charge is 0.462 e. The maximum atomic E-state index is 13.3. The first-order valence-corrected chi connectivity index (χ1v) is 12.4. The smallest absolute Gasteiger partial charge is 0.338 e. The van der Waals surface area contributed by atoms with Crippen molar-refractivity contribution in [1.29, 1.82) is 0 Å². The van der Waals surface area contributed by atoms with Gasteiger partial charge in [-0.2, -0.15) is 0 Å². The van der Waals surface area contributed by atoms with Crippen LogP contribution in [0.4, 0.5) is 5.69 Å². The van der Waals surface area contributed by atoms with E-state index in [1.54, 1.807) is 36.4 Å². The molecule has 0 aliphatic rings. The van der Waals surface area contributed by atoms with Gasteiger partial charge in [0.1, 0.15) is 11.4 Å². The molecule has 0 radical (unpaired) electrons. The van der Waals surface area contributed by atoms with Crippen LogP contribution in [0.5, 0.6) is 0 Å². The van der Waals surface area contributed by atoms with E-state index in [0.29, 0.717) is 33.1 Å². The number of aryl methyl sites for hydroxylation is 1. The Kier molecular flexibility index (Phi) is 7.63. The number of nitrogens with one attached hydrogen (secondary N) is 1. The fourth-order valence-electron chi connectivity index (χ4n) is 3.69. The fraction of sp³-hybridized carbons (Fsp3) is 0.231. The molecule has 0 saturated heterocycles. The average molecular weight is 510 g/mol. The third-order valence-corrected chi connectivity index (χ3v) is 6.68. The summed E-state index contributed by atoms with van der Waals surface area (Å²) in [7, 11) is 0. The number of halogens is 1. The van der Waals surface area contributed by atoms with Crippen LogP contribution in [-0.2, 0) is 16.1 Å². The van der Waals surface area contributed by atoms with Crippen molar-refractivity contribution in [1.82, 2.24) is 9.55 Å². The molecule has 4 aromatic rings. The van der Waals surface area contributed by atoms with Gasteiger partial charge >= 0.3 is 5.97 Å². The van der Waals surface area contributed by atoms with Crippen molar-refractivity contribution in [2.45, 2.75) is 33.2 Å². The lowest BCUT2D eigenvalue weighted by Gasteiger charge is -2.09. The molecule has 35 heavy (non-hydrogen) atoms. The molecular weight excluding hydrogens is 486 g/mol. The Balaban J connectivity index is 1.55. The molecule has 0 spiro atoms. The molecule has 0 saturated carbocycles. The van der Waals surface area contributed by atoms with Gasteiger partial charge in [-0.05, 0) is 49.2 Å². The van der Waals surface area contributed by atoms with Gasteiger partial charge < -0.3 is 10.1 Å². The van der Waals surface area contributed by atoms with Crippen LogP contribution >= 0.6 is 22.9 Å². The lowest BCUT2D eigenvalue weighted by atomic mass is 10.0. The number of aromatic nitrogens is 2. The third-order valence-electron chi connectivity index (χ3n) is 5.41. The summed E-state index contributed by atoms with van der Waals surface area (Å²) in [6.45, 7) is 4.08. The lowest BCUT2D eigenvalue weighted by molar-refractivity contribution is -0.116. The van der Waals surface area contributed by atoms with Gasteiger partial charge in [-0.25, -0.2) is 9.78 Å². The molecule has 4 rings (SSSR count). The first-order chi connectivity index (χ1) is 16.9. The lowest BCUT2D eigenvalue weighted by Crippen LogP contribution is -2.27. The number of ether oxygens (including phenoxy) is 1. The van der Waals surface area contributed by atoms with E-state index in [9.17, 15) is 14.4 Å². The zero-order chi connectivity index (χ0) is 24.9. The molecule has 0 bridgehead atoms. The second-order valence-electron chi connectivity index (χ2n) is 8.02. The van der Waals surface area contributed by atoms with Crippen LogP contribution in [0.15, 0.2) is 59.7 Å². The highest BCUT2D eigenvalue weighted by molar-refractivity contribution is 7.19. The van der Waals surface area contributed by atoms with Crippen molar-refractivity contribution in [3.05, 3.63) is 80.7 Å². The Morgan fingerprint density at radius 3 is 2.69 bits per heavy atom. The van der Waals surface area contributed by atoms with Crippen molar-refractivity contribution in [3.63, 3.8) is 0 Å². The molecule has 2 aromatic heterocycles. The minimum absolute atomic E-state index is 0.220. The van der Waals surface area contributed by atoms with Crippen LogP contribution in [0.3, 0.4) is 0 Å². The summed E-state index contributed by atoms with van der Waals surface area (Å²) in [5, 5.41) is 3.82. The predicted octanol–water partition coefficient (Wildman–Crippen LogP) is 5.68. The van der Waals surface area contributed by atoms with Crippen LogP contribution in [0.1, 0.15) is 35.0 Å². The number of hydrogen-bond acceptors (Lipinski definition) is 6. The second-order valence-corrected chi connectivity index (χ2v) is 9.66. The molecule has 180 valence electrons. The Morgan fingerprint density at radius 1 is 1.17 bits per heavy atom. The molecule has 2 aromatic carbocycles. The summed E-state index contributed by atoms with van der Waals surface area (Å²) in [5.74, 6) is -0.854. The topological polar surface area (TPSA) is 90.3 Å². The van der Waals surface area contributed by atoms with Crippen LogP contribution in [0.2, 0.25) is 5.02 Å². The zero-order valence-electron chi connectivity index (χ0n) is 19.3. The minimum atomic E-state index is -0.442. The number of anilines is 1. The molecule has 0 aliphatic heterocycles. The Hall–Kier alpha value is -3.49. The van der Waals surface area contributed by atoms with E-state index >= 15 is 0 Å². The molecule has 1 amide bonds. The highest BCUT2D eigenvalue weighted by Crippen LogP contribution is 2.35. The summed E-state index contributed by atoms with van der Waals surface area (Å²) in [4.78, 5) is 44.2. The predicted molar refractivity (Wildman–Crippen MR) is 139 cm³/mol. The van der Waals surface area contributed by atoms with E-state index < -0.39 is 11.9 Å². The summed E-state index contributed by atoms with van der Waals surface area (Å²) < 4.78 is 6.51. The van der Waals surface area contributed by atoms with E-state index in [1.807, 2.05) is 26.0 Å². The number of rotatable bonds is 8. The third kappa shape index (κ3) is 5.61. The Bertz CT molecular complexity index is 1440. The minimum Gasteiger partial charge on any atom is -0.462 e. The van der Waals surface area contributed by atoms with Gasteiger partial charge in [-0.15, -0.1) is 11.3 Å². The van der Waals surface area contributed by atoms with E-state index in [1.165, 1.54) is 22.2 Å². The Labute approximate surface area is 211 Å². The Morgan fingerprint density at radius 2 is 1.94 bits per heavy atom. The molecule has 0 fully saturated rings. The molecule has 7 nitrogen and oxygen atoms in total. The summed E-state index contributed by atoms with van der Waals surface area (Å²) in [6.07, 6.45) is 3.10. The number of carbonyl (C=O) groups excluding carboxylic acids is 2. The maximum Gasteiger partial charge on any atom is 0.338 e. The fourth-order valence-corrected chi connectivity index (χ4v) is 4.82. The van der Waals surface area contributed by atoms with Gasteiger partial charge in [0.2, 0.25) is 5.91 Å². The van der Waals surface area contributed by atoms with Crippen molar-refractivity contribution in [2.24, 2.45) is 0 Å². The van der Waals surface area contributed by atoms with E-state index in [4.69, 9.17) is 16.3 Å². The number of amides is 1. The monoisotopic (exact) mass is 509 g/mol. The van der Waals surface area contributed by atoms with E-state index in [0.717, 1.165) is 28.8 Å². The molecule has 2 heterocycles. The van der Waals surface area contributed by atoms with Crippen molar-refractivity contribution >= 4 is 50.7 Å². The first kappa shape index (κ1) is 24.6. The number of hydrogen-bond donors (Lipinski definition) is 1. The van der Waals surface area contributed by atoms with Crippen molar-refractivity contribution in [2.75, 3.05) is 11.9 Å². The average Bonchev–Trinajstić information content (AvgIpc) is 3.18. The van der Waals surface area contributed by atoms with Gasteiger partial charge in [0.25, 0.3) is 5.56 Å². The summed E-state index contributed by atoms with van der Waals surface area (Å²) in [6, 6.07) is 13.8. The zero-order valence-corrected chi connectivity index (χ0v) is 20.9. The van der Waals surface area contributed by atoms with Crippen molar-refractivity contribution < 1.29 is 14.3 Å². The molecule has 1 N–H and O–H groups in total. The summed E-state index contributed by atoms with van der Waals surface area (Å²) in [5.41, 5.74) is 2.15. The number of thiophene rings is 1. The molecule has 0 unspecified atom stereocenters. The standard InChI is InChI=1S/C26H24ClN3O4S/c1-3-4-12-34-26(33)18-6-5-7-20(13-18)29-21(31)14-30-15-28-24-23(25(30)32)22(16(2)35-24)17-8-10-19(27)11-9-17/h5-11,13,15H,3-4,12,14H2,1-2H3,(H,29,31). The summed E-state index contributed by atoms with van der Waals surface area (Å²) >= 11 is 7.45. The molecular formula is C26H24ClN3O4S. The number of esters is 1. The highest BCUT2D eigenvalue weighted by Gasteiger charge is 2.18. The van der Waals surface area contributed by atoms with Gasteiger partial charge in [0.05, 0.1) is 23.9 Å². The number of carbonyl (C=O) groups is 2. The van der Waals surface area contributed by atoms with Gasteiger partial charge in [-0.1, -0.05) is 43.1 Å². The van der Waals surface area contributed by atoms with Gasteiger partial charge in [0, 0.05) is 21.2 Å². The molecule has 0 atom stereocenters. The van der Waals surface area contributed by atoms with Gasteiger partial charge in [0.15, 0.2) is 0 Å². The second kappa shape index (κ2) is 10.8. The number of fused-ring (bicyclic) bond motifs is 1. The van der Waals surface area contributed by atoms with E-state index in [2.05, 4.69) is 10.3 Å².